The lowest BCUT2D eigenvalue weighted by Crippen LogP contribution is -2.49. The zero-order valence-corrected chi connectivity index (χ0v) is 18.2. The summed E-state index contributed by atoms with van der Waals surface area (Å²) >= 11 is 3.63. The van der Waals surface area contributed by atoms with E-state index in [-0.39, 0.29) is 47.2 Å². The molecule has 1 aromatic rings. The molecule has 0 bridgehead atoms. The second-order valence-corrected chi connectivity index (χ2v) is 9.98. The molecule has 7 nitrogen and oxygen atoms in total. The second kappa shape index (κ2) is 7.64. The highest BCUT2D eigenvalue weighted by Gasteiger charge is 2.58. The Balaban J connectivity index is 1.78. The number of hydrogen-bond acceptors (Lipinski definition) is 5. The van der Waals surface area contributed by atoms with Crippen LogP contribution in [0.25, 0.3) is 0 Å². The average Bonchev–Trinajstić information content (AvgIpc) is 2.98. The number of carbonyl (C=O) groups is 3. The molecule has 3 aliphatic rings. The van der Waals surface area contributed by atoms with E-state index in [0.717, 1.165) is 31.2 Å². The number of ether oxygens (including phenoxy) is 1. The summed E-state index contributed by atoms with van der Waals surface area (Å²) in [5.41, 5.74) is 1.46. The topological polar surface area (TPSA) is 121 Å². The third kappa shape index (κ3) is 3.34. The van der Waals surface area contributed by atoms with Crippen LogP contribution >= 0.6 is 15.9 Å². The number of aliphatic carboxylic acids is 2. The maximum absolute atomic E-state index is 13.3. The lowest BCUT2D eigenvalue weighted by Gasteiger charge is -2.51. The van der Waals surface area contributed by atoms with Gasteiger partial charge in [0, 0.05) is 11.1 Å². The number of hydrogen-bond donors (Lipinski definition) is 3. The van der Waals surface area contributed by atoms with Crippen molar-refractivity contribution in [2.24, 2.45) is 17.3 Å². The Kier molecular flexibility index (Phi) is 5.43. The van der Waals surface area contributed by atoms with E-state index in [1.807, 2.05) is 0 Å². The molecule has 1 aromatic carbocycles. The van der Waals surface area contributed by atoms with E-state index < -0.39 is 23.4 Å². The fourth-order valence-electron chi connectivity index (χ4n) is 6.00. The van der Waals surface area contributed by atoms with Crippen LogP contribution in [0.15, 0.2) is 12.1 Å². The Hall–Kier alpha value is -1.93. The number of alkyl halides is 1. The molecule has 0 aromatic heterocycles. The summed E-state index contributed by atoms with van der Waals surface area (Å²) in [6, 6.07) is 3.24. The molecule has 3 N–H and O–H groups in total. The SMILES string of the molecule is C[C@]12CC[C@@H]3c4cc(CC(=O)O)c(OCC(=O)O)cc4C(=O)C(Br)[C@H]3[C@@H]1CC[C@@H]2O. The van der Waals surface area contributed by atoms with E-state index in [2.05, 4.69) is 22.9 Å². The maximum Gasteiger partial charge on any atom is 0.341 e. The van der Waals surface area contributed by atoms with Crippen molar-refractivity contribution in [1.29, 1.82) is 0 Å². The van der Waals surface area contributed by atoms with Crippen molar-refractivity contribution < 1.29 is 34.4 Å². The number of Topliss-reactive ketones (excluding diaryl/α,β-unsaturated/α-hetero) is 1. The molecule has 0 amide bonds. The summed E-state index contributed by atoms with van der Waals surface area (Å²) in [5, 5.41) is 28.8. The number of ketones is 1. The minimum absolute atomic E-state index is 0.0318. The highest BCUT2D eigenvalue weighted by Crippen LogP contribution is 2.62. The van der Waals surface area contributed by atoms with Crippen LogP contribution in [0.2, 0.25) is 0 Å². The average molecular weight is 481 g/mol. The lowest BCUT2D eigenvalue weighted by atomic mass is 9.55. The van der Waals surface area contributed by atoms with Gasteiger partial charge in [-0.05, 0) is 60.5 Å². The van der Waals surface area contributed by atoms with E-state index >= 15 is 0 Å². The summed E-state index contributed by atoms with van der Waals surface area (Å²) in [6.07, 6.45) is 2.57. The molecule has 0 saturated heterocycles. The van der Waals surface area contributed by atoms with E-state index in [0.29, 0.717) is 11.1 Å². The number of carboxylic acid groups (broad SMARTS) is 2. The fraction of sp³-hybridized carbons (Fsp3) is 0.591. The van der Waals surface area contributed by atoms with Crippen molar-refractivity contribution >= 4 is 33.7 Å². The van der Waals surface area contributed by atoms with Crippen LogP contribution in [0.5, 0.6) is 5.75 Å². The first-order valence-corrected chi connectivity index (χ1v) is 11.1. The molecular weight excluding hydrogens is 456 g/mol. The molecule has 0 spiro atoms. The first-order valence-electron chi connectivity index (χ1n) is 10.2. The van der Waals surface area contributed by atoms with E-state index in [4.69, 9.17) is 9.84 Å². The monoisotopic (exact) mass is 480 g/mol. The van der Waals surface area contributed by atoms with Gasteiger partial charge in [0.15, 0.2) is 12.4 Å². The zero-order chi connectivity index (χ0) is 21.8. The van der Waals surface area contributed by atoms with Crippen LogP contribution in [0, 0.1) is 17.3 Å². The van der Waals surface area contributed by atoms with Gasteiger partial charge in [-0.15, -0.1) is 0 Å². The minimum atomic E-state index is -1.18. The van der Waals surface area contributed by atoms with E-state index in [9.17, 15) is 24.6 Å². The fourth-order valence-corrected chi connectivity index (χ4v) is 6.98. The Bertz CT molecular complexity index is 913. The molecule has 162 valence electrons. The standard InChI is InChI=1S/C22H25BrO7/c1-22-5-4-11-12-6-10(7-17(25)26)15(30-9-18(27)28)8-13(12)21(29)20(23)19(11)14(22)2-3-16(22)24/h6,8,11,14,16,19-20,24H,2-5,7,9H2,1H3,(H,25,26)(H,27,28)/t11-,14+,16+,19-,20?,22+/m1/s1. The number of carboxylic acids is 2. The smallest absolute Gasteiger partial charge is 0.341 e. The highest BCUT2D eigenvalue weighted by atomic mass is 79.9. The van der Waals surface area contributed by atoms with Gasteiger partial charge in [0.25, 0.3) is 0 Å². The molecule has 8 heteroatoms. The molecular formula is C22H25BrO7. The molecule has 4 rings (SSSR count). The normalized spacial score (nSPS) is 34.6. The van der Waals surface area contributed by atoms with Crippen LogP contribution in [-0.2, 0) is 16.0 Å². The van der Waals surface area contributed by atoms with Gasteiger partial charge in [-0.1, -0.05) is 28.9 Å². The van der Waals surface area contributed by atoms with Gasteiger partial charge < -0.3 is 20.1 Å². The summed E-state index contributed by atoms with van der Waals surface area (Å²) < 4.78 is 5.32. The van der Waals surface area contributed by atoms with Gasteiger partial charge in [-0.2, -0.15) is 0 Å². The van der Waals surface area contributed by atoms with Crippen molar-refractivity contribution in [3.8, 4) is 5.75 Å². The van der Waals surface area contributed by atoms with Crippen LogP contribution in [0.1, 0.15) is 60.0 Å². The van der Waals surface area contributed by atoms with Crippen LogP contribution in [-0.4, -0.2) is 50.6 Å². The number of rotatable bonds is 5. The van der Waals surface area contributed by atoms with Crippen molar-refractivity contribution in [2.75, 3.05) is 6.61 Å². The van der Waals surface area contributed by atoms with Gasteiger partial charge in [0.05, 0.1) is 17.4 Å². The summed E-state index contributed by atoms with van der Waals surface area (Å²) in [7, 11) is 0. The van der Waals surface area contributed by atoms with Gasteiger partial charge in [0.1, 0.15) is 5.75 Å². The number of carbonyl (C=O) groups excluding carboxylic acids is 1. The van der Waals surface area contributed by atoms with E-state index in [1.54, 1.807) is 6.07 Å². The van der Waals surface area contributed by atoms with Gasteiger partial charge in [-0.3, -0.25) is 9.59 Å². The third-order valence-electron chi connectivity index (χ3n) is 7.46. The Morgan fingerprint density at radius 3 is 2.60 bits per heavy atom. The predicted octanol–water partition coefficient (Wildman–Crippen LogP) is 3.01. The Morgan fingerprint density at radius 2 is 1.93 bits per heavy atom. The van der Waals surface area contributed by atoms with Crippen molar-refractivity contribution in [1.82, 2.24) is 0 Å². The number of aliphatic hydroxyl groups excluding tert-OH is 1. The molecule has 0 radical (unpaired) electrons. The van der Waals surface area contributed by atoms with E-state index in [1.165, 1.54) is 6.07 Å². The quantitative estimate of drug-likeness (QED) is 0.553. The first kappa shape index (κ1) is 21.3. The molecule has 0 heterocycles. The van der Waals surface area contributed by atoms with Gasteiger partial charge in [0.2, 0.25) is 0 Å². The van der Waals surface area contributed by atoms with Crippen molar-refractivity contribution in [3.05, 3.63) is 28.8 Å². The molecule has 2 saturated carbocycles. The minimum Gasteiger partial charge on any atom is -0.482 e. The first-order chi connectivity index (χ1) is 14.1. The third-order valence-corrected chi connectivity index (χ3v) is 8.49. The van der Waals surface area contributed by atoms with Crippen LogP contribution in [0.3, 0.4) is 0 Å². The lowest BCUT2D eigenvalue weighted by molar-refractivity contribution is -0.139. The number of aliphatic hydroxyl groups is 1. The number of benzene rings is 1. The Morgan fingerprint density at radius 1 is 1.20 bits per heavy atom. The highest BCUT2D eigenvalue weighted by molar-refractivity contribution is 9.10. The Labute approximate surface area is 182 Å². The molecule has 3 aliphatic carbocycles. The number of fused-ring (bicyclic) bond motifs is 5. The molecule has 1 unspecified atom stereocenters. The van der Waals surface area contributed by atoms with Crippen LogP contribution in [0.4, 0.5) is 0 Å². The van der Waals surface area contributed by atoms with Gasteiger partial charge >= 0.3 is 11.9 Å². The molecule has 2 fully saturated rings. The predicted molar refractivity (Wildman–Crippen MR) is 110 cm³/mol. The largest absolute Gasteiger partial charge is 0.482 e. The van der Waals surface area contributed by atoms with Crippen molar-refractivity contribution in [3.63, 3.8) is 0 Å². The van der Waals surface area contributed by atoms with Crippen LogP contribution < -0.4 is 4.74 Å². The molecule has 30 heavy (non-hydrogen) atoms. The van der Waals surface area contributed by atoms with Gasteiger partial charge in [-0.25, -0.2) is 4.79 Å². The maximum atomic E-state index is 13.3. The summed E-state index contributed by atoms with van der Waals surface area (Å²) in [5.74, 6) is -1.89. The molecule has 6 atom stereocenters. The zero-order valence-electron chi connectivity index (χ0n) is 16.6. The number of halogens is 1. The summed E-state index contributed by atoms with van der Waals surface area (Å²) in [6.45, 7) is 1.51. The molecule has 0 aliphatic heterocycles. The second-order valence-electron chi connectivity index (χ2n) is 8.99. The summed E-state index contributed by atoms with van der Waals surface area (Å²) in [4.78, 5) is 35.2. The van der Waals surface area contributed by atoms with Crippen molar-refractivity contribution in [2.45, 2.75) is 55.9 Å².